The van der Waals surface area contributed by atoms with Crippen molar-refractivity contribution in [2.75, 3.05) is 0 Å². The van der Waals surface area contributed by atoms with Gasteiger partial charge in [-0.05, 0) is 45.4 Å². The Hall–Kier alpha value is -0.570. The Morgan fingerprint density at radius 1 is 1.50 bits per heavy atom. The summed E-state index contributed by atoms with van der Waals surface area (Å²) in [6, 6.07) is 0. The second-order valence-electron chi connectivity index (χ2n) is 5.53. The molecule has 1 aliphatic carbocycles. The van der Waals surface area contributed by atoms with E-state index in [1.165, 1.54) is 0 Å². The van der Waals surface area contributed by atoms with Crippen LogP contribution in [0.15, 0.2) is 0 Å². The van der Waals surface area contributed by atoms with Gasteiger partial charge in [-0.3, -0.25) is 4.79 Å². The van der Waals surface area contributed by atoms with E-state index in [0.717, 1.165) is 25.7 Å². The highest BCUT2D eigenvalue weighted by atomic mass is 16.5. The monoisotopic (exact) mass is 228 g/mol. The van der Waals surface area contributed by atoms with Crippen LogP contribution in [-0.2, 0) is 9.53 Å². The molecule has 1 rings (SSSR count). The summed E-state index contributed by atoms with van der Waals surface area (Å²) >= 11 is 0. The number of ether oxygens (including phenoxy) is 1. The Kier molecular flexibility index (Phi) is 4.36. The smallest absolute Gasteiger partial charge is 0.308 e. The van der Waals surface area contributed by atoms with Gasteiger partial charge in [-0.25, -0.2) is 0 Å². The van der Waals surface area contributed by atoms with E-state index in [2.05, 4.69) is 0 Å². The molecule has 3 unspecified atom stereocenters. The molecule has 3 heteroatoms. The first-order valence-corrected chi connectivity index (χ1v) is 6.27. The summed E-state index contributed by atoms with van der Waals surface area (Å²) < 4.78 is 5.44. The third-order valence-corrected chi connectivity index (χ3v) is 3.68. The number of rotatable bonds is 4. The fourth-order valence-electron chi connectivity index (χ4n) is 2.14. The highest BCUT2D eigenvalue weighted by Gasteiger charge is 2.36. The predicted octanol–water partition coefficient (Wildman–Crippen LogP) is 2.52. The first-order chi connectivity index (χ1) is 7.34. The molecule has 0 aromatic rings. The Bertz CT molecular complexity index is 242. The molecule has 0 radical (unpaired) electrons. The minimum absolute atomic E-state index is 0.0120. The molecule has 0 spiro atoms. The zero-order valence-corrected chi connectivity index (χ0v) is 10.8. The molecule has 0 heterocycles. The molecule has 0 amide bonds. The fraction of sp³-hybridized carbons (Fsp3) is 0.923. The van der Waals surface area contributed by atoms with E-state index >= 15 is 0 Å². The van der Waals surface area contributed by atoms with Crippen LogP contribution in [0.25, 0.3) is 0 Å². The van der Waals surface area contributed by atoms with E-state index in [1.807, 2.05) is 27.7 Å². The molecule has 0 saturated heterocycles. The zero-order valence-electron chi connectivity index (χ0n) is 10.8. The Balaban J connectivity index is 2.40. The maximum Gasteiger partial charge on any atom is 0.308 e. The van der Waals surface area contributed by atoms with Crippen LogP contribution in [0.4, 0.5) is 0 Å². The van der Waals surface area contributed by atoms with Crippen molar-refractivity contribution in [2.24, 2.45) is 11.8 Å². The average molecular weight is 228 g/mol. The van der Waals surface area contributed by atoms with Crippen molar-refractivity contribution in [1.82, 2.24) is 0 Å². The fourth-order valence-corrected chi connectivity index (χ4v) is 2.14. The Labute approximate surface area is 98.2 Å². The van der Waals surface area contributed by atoms with E-state index in [9.17, 15) is 9.90 Å². The SMILES string of the molecule is CCC(C)C(=O)OC1CCC(C(C)(C)O)C1. The summed E-state index contributed by atoms with van der Waals surface area (Å²) in [5, 5.41) is 9.88. The molecule has 1 N–H and O–H groups in total. The lowest BCUT2D eigenvalue weighted by Gasteiger charge is -2.25. The minimum atomic E-state index is -0.655. The van der Waals surface area contributed by atoms with E-state index in [4.69, 9.17) is 4.74 Å². The number of esters is 1. The van der Waals surface area contributed by atoms with E-state index < -0.39 is 5.60 Å². The molecular formula is C13H24O3. The van der Waals surface area contributed by atoms with Gasteiger partial charge in [0.1, 0.15) is 6.10 Å². The van der Waals surface area contributed by atoms with Crippen LogP contribution in [0, 0.1) is 11.8 Å². The number of hydrogen-bond donors (Lipinski definition) is 1. The molecule has 0 aromatic carbocycles. The molecule has 16 heavy (non-hydrogen) atoms. The van der Waals surface area contributed by atoms with Crippen LogP contribution < -0.4 is 0 Å². The summed E-state index contributed by atoms with van der Waals surface area (Å²) in [5.74, 6) is 0.146. The third-order valence-electron chi connectivity index (χ3n) is 3.68. The molecule has 1 aliphatic rings. The second kappa shape index (κ2) is 5.17. The van der Waals surface area contributed by atoms with Crippen LogP contribution in [0.3, 0.4) is 0 Å². The summed E-state index contributed by atoms with van der Waals surface area (Å²) in [4.78, 5) is 11.6. The van der Waals surface area contributed by atoms with Crippen LogP contribution in [0.2, 0.25) is 0 Å². The highest BCUT2D eigenvalue weighted by Crippen LogP contribution is 2.35. The highest BCUT2D eigenvalue weighted by molar-refractivity contribution is 5.72. The van der Waals surface area contributed by atoms with Crippen LogP contribution in [-0.4, -0.2) is 22.8 Å². The largest absolute Gasteiger partial charge is 0.462 e. The van der Waals surface area contributed by atoms with Crippen LogP contribution in [0.1, 0.15) is 53.4 Å². The standard InChI is InChI=1S/C13H24O3/c1-5-9(2)12(14)16-11-7-6-10(8-11)13(3,4)15/h9-11,15H,5-8H2,1-4H3. The van der Waals surface area contributed by atoms with Gasteiger partial charge in [0.05, 0.1) is 11.5 Å². The van der Waals surface area contributed by atoms with Crippen LogP contribution >= 0.6 is 0 Å². The van der Waals surface area contributed by atoms with Gasteiger partial charge < -0.3 is 9.84 Å². The normalized spacial score (nSPS) is 27.8. The first-order valence-electron chi connectivity index (χ1n) is 6.27. The third kappa shape index (κ3) is 3.48. The second-order valence-corrected chi connectivity index (χ2v) is 5.53. The lowest BCUT2D eigenvalue weighted by molar-refractivity contribution is -0.153. The molecule has 0 aliphatic heterocycles. The zero-order chi connectivity index (χ0) is 12.3. The maximum atomic E-state index is 11.6. The summed E-state index contributed by atoms with van der Waals surface area (Å²) in [6.45, 7) is 7.54. The topological polar surface area (TPSA) is 46.5 Å². The molecule has 94 valence electrons. The number of carbonyl (C=O) groups is 1. The summed E-state index contributed by atoms with van der Waals surface area (Å²) in [6.07, 6.45) is 3.46. The Morgan fingerprint density at radius 2 is 2.12 bits per heavy atom. The molecule has 0 aromatic heterocycles. The molecule has 3 nitrogen and oxygen atoms in total. The van der Waals surface area contributed by atoms with Gasteiger partial charge in [0.2, 0.25) is 0 Å². The first kappa shape index (κ1) is 13.5. The quantitative estimate of drug-likeness (QED) is 0.752. The number of aliphatic hydroxyl groups is 1. The van der Waals surface area contributed by atoms with Gasteiger partial charge in [0, 0.05) is 0 Å². The van der Waals surface area contributed by atoms with Gasteiger partial charge in [0.15, 0.2) is 0 Å². The molecular weight excluding hydrogens is 204 g/mol. The van der Waals surface area contributed by atoms with Crippen molar-refractivity contribution >= 4 is 5.97 Å². The molecule has 3 atom stereocenters. The number of carbonyl (C=O) groups excluding carboxylic acids is 1. The van der Waals surface area contributed by atoms with Crippen molar-refractivity contribution in [2.45, 2.75) is 65.1 Å². The van der Waals surface area contributed by atoms with E-state index in [1.54, 1.807) is 0 Å². The molecule has 1 fully saturated rings. The van der Waals surface area contributed by atoms with E-state index in [-0.39, 0.29) is 23.9 Å². The lowest BCUT2D eigenvalue weighted by atomic mass is 9.90. The summed E-state index contributed by atoms with van der Waals surface area (Å²) in [5.41, 5.74) is -0.655. The predicted molar refractivity (Wildman–Crippen MR) is 63.0 cm³/mol. The molecule has 0 bridgehead atoms. The van der Waals surface area contributed by atoms with Crippen molar-refractivity contribution in [3.05, 3.63) is 0 Å². The van der Waals surface area contributed by atoms with Crippen molar-refractivity contribution in [1.29, 1.82) is 0 Å². The van der Waals surface area contributed by atoms with Crippen molar-refractivity contribution < 1.29 is 14.6 Å². The van der Waals surface area contributed by atoms with Gasteiger partial charge in [-0.1, -0.05) is 13.8 Å². The number of hydrogen-bond acceptors (Lipinski definition) is 3. The molecule has 1 saturated carbocycles. The Morgan fingerprint density at radius 3 is 2.56 bits per heavy atom. The van der Waals surface area contributed by atoms with Crippen LogP contribution in [0.5, 0.6) is 0 Å². The van der Waals surface area contributed by atoms with Crippen molar-refractivity contribution in [3.63, 3.8) is 0 Å². The van der Waals surface area contributed by atoms with Gasteiger partial charge in [-0.15, -0.1) is 0 Å². The van der Waals surface area contributed by atoms with E-state index in [0.29, 0.717) is 0 Å². The average Bonchev–Trinajstić information content (AvgIpc) is 2.64. The van der Waals surface area contributed by atoms with Crippen molar-refractivity contribution in [3.8, 4) is 0 Å². The maximum absolute atomic E-state index is 11.6. The van der Waals surface area contributed by atoms with Gasteiger partial charge in [0.25, 0.3) is 0 Å². The van der Waals surface area contributed by atoms with Gasteiger partial charge >= 0.3 is 5.97 Å². The summed E-state index contributed by atoms with van der Waals surface area (Å²) in [7, 11) is 0. The van der Waals surface area contributed by atoms with Gasteiger partial charge in [-0.2, -0.15) is 0 Å². The lowest BCUT2D eigenvalue weighted by Crippen LogP contribution is -2.30. The minimum Gasteiger partial charge on any atom is -0.462 e.